The van der Waals surface area contributed by atoms with Gasteiger partial charge in [0.2, 0.25) is 0 Å². The van der Waals surface area contributed by atoms with Crippen molar-refractivity contribution in [3.05, 3.63) is 236 Å². The van der Waals surface area contributed by atoms with Crippen molar-refractivity contribution < 1.29 is 0 Å². The van der Waals surface area contributed by atoms with E-state index in [-0.39, 0.29) is 5.41 Å². The van der Waals surface area contributed by atoms with E-state index in [0.29, 0.717) is 0 Å². The molecule has 0 bridgehead atoms. The molecule has 11 aromatic rings. The first-order valence-corrected chi connectivity index (χ1v) is 21.7. The lowest BCUT2D eigenvalue weighted by atomic mass is 9.81. The van der Waals surface area contributed by atoms with E-state index in [2.05, 4.69) is 243 Å². The predicted molar refractivity (Wildman–Crippen MR) is 265 cm³/mol. The second kappa shape index (κ2) is 14.2. The van der Waals surface area contributed by atoms with Crippen LogP contribution < -0.4 is 4.90 Å². The van der Waals surface area contributed by atoms with E-state index in [1.54, 1.807) is 0 Å². The molecule has 1 nitrogen and oxygen atoms in total. The average molecular weight is 790 g/mol. The lowest BCUT2D eigenvalue weighted by molar-refractivity contribution is 0.660. The lowest BCUT2D eigenvalue weighted by Crippen LogP contribution is -2.16. The molecule has 0 radical (unpaired) electrons. The minimum atomic E-state index is -0.180. The van der Waals surface area contributed by atoms with E-state index in [0.717, 1.165) is 17.1 Å². The van der Waals surface area contributed by atoms with Gasteiger partial charge in [-0.2, -0.15) is 0 Å². The van der Waals surface area contributed by atoms with Crippen molar-refractivity contribution in [1.29, 1.82) is 0 Å². The summed E-state index contributed by atoms with van der Waals surface area (Å²) in [7, 11) is 0. The minimum absolute atomic E-state index is 0.180. The standard InChI is InChI=1S/C61H43N/c1-61(2)59-38-44(40-13-4-3-5-14-40)28-35-56(59)57-36-33-48(39-60(57)61)62(46-29-23-42(24-30-46)50-21-12-22-53-49-17-8-6-15-41(49)27-34-55(50)53)47-31-25-43(26-32-47)58-37-45-16-7-9-18-51(45)52-19-10-11-20-54(52)58/h3-39H,1-2H3. The molecule has 0 amide bonds. The summed E-state index contributed by atoms with van der Waals surface area (Å²) in [4.78, 5) is 2.43. The van der Waals surface area contributed by atoms with Crippen LogP contribution in [0.15, 0.2) is 224 Å². The molecule has 62 heavy (non-hydrogen) atoms. The summed E-state index contributed by atoms with van der Waals surface area (Å²) in [5.41, 5.74) is 15.9. The number of anilines is 3. The Morgan fingerprint density at radius 3 is 1.48 bits per heavy atom. The van der Waals surface area contributed by atoms with Gasteiger partial charge in [-0.25, -0.2) is 0 Å². The Labute approximate surface area is 362 Å². The van der Waals surface area contributed by atoms with Gasteiger partial charge in [-0.05, 0) is 147 Å². The van der Waals surface area contributed by atoms with Gasteiger partial charge in [0.1, 0.15) is 0 Å². The Bertz CT molecular complexity index is 3520. The molecule has 1 aliphatic carbocycles. The molecule has 1 aliphatic rings. The molecule has 1 heteroatoms. The minimum Gasteiger partial charge on any atom is -0.310 e. The Morgan fingerprint density at radius 2 is 0.774 bits per heavy atom. The van der Waals surface area contributed by atoms with Crippen LogP contribution in [0.3, 0.4) is 0 Å². The molecule has 0 N–H and O–H groups in total. The quantitative estimate of drug-likeness (QED) is 0.152. The largest absolute Gasteiger partial charge is 0.310 e. The summed E-state index contributed by atoms with van der Waals surface area (Å²) in [6, 6.07) is 82.9. The molecule has 0 aromatic heterocycles. The number of nitrogens with zero attached hydrogens (tertiary/aromatic N) is 1. The van der Waals surface area contributed by atoms with Gasteiger partial charge in [0.05, 0.1) is 0 Å². The maximum absolute atomic E-state index is 2.44. The number of hydrogen-bond donors (Lipinski definition) is 0. The van der Waals surface area contributed by atoms with Crippen LogP contribution in [0.4, 0.5) is 17.1 Å². The van der Waals surface area contributed by atoms with Gasteiger partial charge in [0.25, 0.3) is 0 Å². The monoisotopic (exact) mass is 789 g/mol. The first-order chi connectivity index (χ1) is 30.5. The molecule has 12 rings (SSSR count). The fourth-order valence-electron chi connectivity index (χ4n) is 10.3. The molecular formula is C61H43N. The van der Waals surface area contributed by atoms with E-state index in [1.807, 2.05) is 0 Å². The summed E-state index contributed by atoms with van der Waals surface area (Å²) in [6.45, 7) is 4.76. The van der Waals surface area contributed by atoms with Crippen LogP contribution in [-0.2, 0) is 5.41 Å². The maximum atomic E-state index is 2.44. The number of rotatable bonds is 6. The van der Waals surface area contributed by atoms with Crippen LogP contribution >= 0.6 is 0 Å². The molecule has 0 fully saturated rings. The Hall–Kier alpha value is -7.74. The molecule has 11 aromatic carbocycles. The Morgan fingerprint density at radius 1 is 0.274 bits per heavy atom. The van der Waals surface area contributed by atoms with Crippen molar-refractivity contribution in [2.45, 2.75) is 19.3 Å². The molecule has 0 atom stereocenters. The maximum Gasteiger partial charge on any atom is 0.0465 e. The Kier molecular flexibility index (Phi) is 8.27. The van der Waals surface area contributed by atoms with Crippen LogP contribution in [0.5, 0.6) is 0 Å². The van der Waals surface area contributed by atoms with Crippen LogP contribution in [0, 0.1) is 0 Å². The van der Waals surface area contributed by atoms with Crippen molar-refractivity contribution in [2.24, 2.45) is 0 Å². The zero-order valence-corrected chi connectivity index (χ0v) is 34.8. The number of benzene rings is 11. The molecule has 0 heterocycles. The molecule has 0 aliphatic heterocycles. The van der Waals surface area contributed by atoms with Gasteiger partial charge in [-0.15, -0.1) is 0 Å². The predicted octanol–water partition coefficient (Wildman–Crippen LogP) is 17.1. The SMILES string of the molecule is CC1(C)c2cc(-c3ccccc3)ccc2-c2ccc(N(c3ccc(-c4cccc5c4ccc4ccccc45)cc3)c3ccc(-c4cc5ccccc5c5ccccc45)cc3)cc21. The molecule has 0 spiro atoms. The molecule has 0 saturated carbocycles. The first kappa shape index (κ1) is 36.1. The number of fused-ring (bicyclic) bond motifs is 9. The summed E-state index contributed by atoms with van der Waals surface area (Å²) in [6.07, 6.45) is 0. The van der Waals surface area contributed by atoms with E-state index >= 15 is 0 Å². The van der Waals surface area contributed by atoms with Crippen molar-refractivity contribution in [3.8, 4) is 44.5 Å². The summed E-state index contributed by atoms with van der Waals surface area (Å²) < 4.78 is 0. The van der Waals surface area contributed by atoms with Crippen LogP contribution in [0.1, 0.15) is 25.0 Å². The first-order valence-electron chi connectivity index (χ1n) is 21.7. The average Bonchev–Trinajstić information content (AvgIpc) is 3.56. The molecule has 0 unspecified atom stereocenters. The van der Waals surface area contributed by atoms with Gasteiger partial charge in [-0.1, -0.05) is 190 Å². The third-order valence-electron chi connectivity index (χ3n) is 13.5. The lowest BCUT2D eigenvalue weighted by Gasteiger charge is -2.28. The smallest absolute Gasteiger partial charge is 0.0465 e. The highest BCUT2D eigenvalue weighted by atomic mass is 15.1. The molecule has 0 saturated heterocycles. The summed E-state index contributed by atoms with van der Waals surface area (Å²) in [5.74, 6) is 0. The zero-order chi connectivity index (χ0) is 41.4. The zero-order valence-electron chi connectivity index (χ0n) is 34.8. The van der Waals surface area contributed by atoms with Gasteiger partial charge >= 0.3 is 0 Å². The fourth-order valence-corrected chi connectivity index (χ4v) is 10.3. The highest BCUT2D eigenvalue weighted by molar-refractivity contribution is 6.14. The topological polar surface area (TPSA) is 3.24 Å². The summed E-state index contributed by atoms with van der Waals surface area (Å²) in [5, 5.41) is 10.2. The fraction of sp³-hybridized carbons (Fsp3) is 0.0492. The molecular weight excluding hydrogens is 747 g/mol. The van der Waals surface area contributed by atoms with Crippen molar-refractivity contribution in [1.82, 2.24) is 0 Å². The van der Waals surface area contributed by atoms with Gasteiger partial charge in [0.15, 0.2) is 0 Å². The second-order valence-corrected chi connectivity index (χ2v) is 17.3. The van der Waals surface area contributed by atoms with Gasteiger partial charge < -0.3 is 4.90 Å². The third kappa shape index (κ3) is 5.77. The third-order valence-corrected chi connectivity index (χ3v) is 13.5. The summed E-state index contributed by atoms with van der Waals surface area (Å²) >= 11 is 0. The second-order valence-electron chi connectivity index (χ2n) is 17.3. The van der Waals surface area contributed by atoms with Crippen molar-refractivity contribution in [2.75, 3.05) is 4.90 Å². The van der Waals surface area contributed by atoms with Crippen molar-refractivity contribution in [3.63, 3.8) is 0 Å². The Balaban J connectivity index is 0.981. The van der Waals surface area contributed by atoms with E-state index < -0.39 is 0 Å². The van der Waals surface area contributed by atoms with Crippen molar-refractivity contribution >= 4 is 60.2 Å². The van der Waals surface area contributed by atoms with E-state index in [9.17, 15) is 0 Å². The van der Waals surface area contributed by atoms with Gasteiger partial charge in [-0.3, -0.25) is 0 Å². The van der Waals surface area contributed by atoms with E-state index in [4.69, 9.17) is 0 Å². The van der Waals surface area contributed by atoms with Gasteiger partial charge in [0, 0.05) is 22.5 Å². The van der Waals surface area contributed by atoms with Crippen LogP contribution in [0.25, 0.3) is 87.6 Å². The van der Waals surface area contributed by atoms with Crippen LogP contribution in [-0.4, -0.2) is 0 Å². The normalized spacial score (nSPS) is 12.8. The van der Waals surface area contributed by atoms with E-state index in [1.165, 1.54) is 98.7 Å². The highest BCUT2D eigenvalue weighted by Crippen LogP contribution is 2.52. The highest BCUT2D eigenvalue weighted by Gasteiger charge is 2.36. The van der Waals surface area contributed by atoms with Crippen LogP contribution in [0.2, 0.25) is 0 Å². The molecule has 292 valence electrons. The number of hydrogen-bond acceptors (Lipinski definition) is 1.